The van der Waals surface area contributed by atoms with Crippen LogP contribution in [0.15, 0.2) is 30.5 Å². The molecule has 1 aromatic heterocycles. The molecule has 4 N–H and O–H groups in total. The number of nitrogens with two attached hydrogens (primary N) is 1. The molecule has 1 aromatic carbocycles. The Bertz CT molecular complexity index is 929. The van der Waals surface area contributed by atoms with Gasteiger partial charge >= 0.3 is 5.69 Å². The quantitative estimate of drug-likeness (QED) is 0.432. The van der Waals surface area contributed by atoms with E-state index in [2.05, 4.69) is 20.6 Å². The van der Waals surface area contributed by atoms with Gasteiger partial charge in [0.1, 0.15) is 6.20 Å². The van der Waals surface area contributed by atoms with Gasteiger partial charge < -0.3 is 21.3 Å². The average molecular weight is 428 g/mol. The fourth-order valence-corrected chi connectivity index (χ4v) is 3.60. The van der Waals surface area contributed by atoms with Gasteiger partial charge in [0.25, 0.3) is 0 Å². The number of hydrogen-bond acceptors (Lipinski definition) is 8. The Morgan fingerprint density at radius 2 is 2.03 bits per heavy atom. The van der Waals surface area contributed by atoms with Gasteiger partial charge in [-0.05, 0) is 49.3 Å². The van der Waals surface area contributed by atoms with E-state index >= 15 is 0 Å². The molecule has 0 bridgehead atoms. The lowest BCUT2D eigenvalue weighted by molar-refractivity contribution is -0.384. The van der Waals surface area contributed by atoms with Crippen molar-refractivity contribution in [1.82, 2.24) is 9.97 Å². The van der Waals surface area contributed by atoms with Crippen LogP contribution >= 0.6 is 0 Å². The molecule has 1 saturated carbocycles. The lowest BCUT2D eigenvalue weighted by Crippen LogP contribution is -2.29. The minimum atomic E-state index is -0.482. The van der Waals surface area contributed by atoms with Gasteiger partial charge in [-0.15, -0.1) is 0 Å². The van der Waals surface area contributed by atoms with Crippen LogP contribution in [0.1, 0.15) is 38.2 Å². The molecule has 1 fully saturated rings. The van der Waals surface area contributed by atoms with Crippen LogP contribution in [0.5, 0.6) is 0 Å². The standard InChI is InChI=1S/C21H29N7O3/c1-14(29)27(2)18-5-3-4-16(10-18)12-24-21-25-13-19(28(30)31)20(26-21)23-11-15-6-8-17(22)9-7-15/h3-5,10,13,15,17H,6-9,11-12,22H2,1-2H3,(H2,23,24,25,26)/t15-,17-. The third-order valence-corrected chi connectivity index (χ3v) is 5.64. The Balaban J connectivity index is 1.66. The first kappa shape index (κ1) is 22.4. The minimum Gasteiger partial charge on any atom is -0.364 e. The molecule has 0 unspecified atom stereocenters. The monoisotopic (exact) mass is 427 g/mol. The SMILES string of the molecule is CC(=O)N(C)c1cccc(CNc2ncc([N+](=O)[O-])c(NC[C@H]3CC[C@H](N)CC3)n2)c1. The summed E-state index contributed by atoms with van der Waals surface area (Å²) in [5.74, 6) is 0.873. The summed E-state index contributed by atoms with van der Waals surface area (Å²) in [6.45, 7) is 2.53. The first-order valence-corrected chi connectivity index (χ1v) is 10.4. The Morgan fingerprint density at radius 3 is 2.71 bits per heavy atom. The van der Waals surface area contributed by atoms with E-state index in [9.17, 15) is 14.9 Å². The summed E-state index contributed by atoms with van der Waals surface area (Å²) in [5, 5.41) is 17.6. The highest BCUT2D eigenvalue weighted by Gasteiger charge is 2.21. The van der Waals surface area contributed by atoms with Crippen LogP contribution in [-0.4, -0.2) is 40.4 Å². The highest BCUT2D eigenvalue weighted by atomic mass is 16.6. The smallest absolute Gasteiger partial charge is 0.329 e. The summed E-state index contributed by atoms with van der Waals surface area (Å²) >= 11 is 0. The molecule has 31 heavy (non-hydrogen) atoms. The van der Waals surface area contributed by atoms with Gasteiger partial charge in [0, 0.05) is 38.8 Å². The lowest BCUT2D eigenvalue weighted by Gasteiger charge is -2.26. The van der Waals surface area contributed by atoms with E-state index in [1.54, 1.807) is 11.9 Å². The van der Waals surface area contributed by atoms with Gasteiger partial charge in [0.05, 0.1) is 4.92 Å². The maximum absolute atomic E-state index is 11.6. The number of nitrogens with zero attached hydrogens (tertiary/aromatic N) is 4. The number of benzene rings is 1. The fourth-order valence-electron chi connectivity index (χ4n) is 3.60. The summed E-state index contributed by atoms with van der Waals surface area (Å²) in [6, 6.07) is 7.79. The van der Waals surface area contributed by atoms with Gasteiger partial charge in [-0.1, -0.05) is 12.1 Å². The van der Waals surface area contributed by atoms with Crippen molar-refractivity contribution in [3.8, 4) is 0 Å². The second kappa shape index (κ2) is 10.2. The molecule has 0 spiro atoms. The fraction of sp³-hybridized carbons (Fsp3) is 0.476. The zero-order valence-corrected chi connectivity index (χ0v) is 17.9. The van der Waals surface area contributed by atoms with Crippen molar-refractivity contribution in [3.63, 3.8) is 0 Å². The molecule has 10 heteroatoms. The maximum Gasteiger partial charge on any atom is 0.329 e. The van der Waals surface area contributed by atoms with E-state index in [4.69, 9.17) is 5.73 Å². The molecule has 1 aliphatic carbocycles. The molecule has 10 nitrogen and oxygen atoms in total. The topological polar surface area (TPSA) is 139 Å². The normalized spacial score (nSPS) is 18.3. The van der Waals surface area contributed by atoms with Crippen molar-refractivity contribution in [2.75, 3.05) is 29.1 Å². The summed E-state index contributed by atoms with van der Waals surface area (Å²) < 4.78 is 0. The molecule has 3 rings (SSSR count). The van der Waals surface area contributed by atoms with Crippen molar-refractivity contribution >= 4 is 29.0 Å². The number of rotatable bonds is 8. The number of anilines is 3. The molecule has 0 aliphatic heterocycles. The van der Waals surface area contributed by atoms with E-state index in [-0.39, 0.29) is 23.5 Å². The highest BCUT2D eigenvalue weighted by molar-refractivity contribution is 5.90. The Kier molecular flexibility index (Phi) is 7.35. The predicted molar refractivity (Wildman–Crippen MR) is 120 cm³/mol. The molecule has 1 aliphatic rings. The zero-order valence-electron chi connectivity index (χ0n) is 17.9. The number of aromatic nitrogens is 2. The van der Waals surface area contributed by atoms with Crippen molar-refractivity contribution < 1.29 is 9.72 Å². The van der Waals surface area contributed by atoms with Crippen LogP contribution < -0.4 is 21.3 Å². The van der Waals surface area contributed by atoms with Crippen LogP contribution in [0, 0.1) is 16.0 Å². The molecule has 0 atom stereocenters. The minimum absolute atomic E-state index is 0.0560. The number of carbonyl (C=O) groups excluding carboxylic acids is 1. The Labute approximate surface area is 181 Å². The first-order valence-electron chi connectivity index (χ1n) is 10.4. The number of amides is 1. The van der Waals surface area contributed by atoms with Gasteiger partial charge in [0.2, 0.25) is 17.7 Å². The molecule has 1 heterocycles. The van der Waals surface area contributed by atoms with E-state index in [1.807, 2.05) is 24.3 Å². The zero-order chi connectivity index (χ0) is 22.4. The highest BCUT2D eigenvalue weighted by Crippen LogP contribution is 2.26. The van der Waals surface area contributed by atoms with Gasteiger partial charge in [-0.25, -0.2) is 4.98 Å². The van der Waals surface area contributed by atoms with Gasteiger partial charge in [-0.3, -0.25) is 14.9 Å². The molecular formula is C21H29N7O3. The number of nitro groups is 1. The molecule has 166 valence electrons. The van der Waals surface area contributed by atoms with Crippen molar-refractivity contribution in [2.45, 2.75) is 45.2 Å². The van der Waals surface area contributed by atoms with Crippen LogP contribution in [-0.2, 0) is 11.3 Å². The van der Waals surface area contributed by atoms with E-state index in [0.29, 0.717) is 25.0 Å². The summed E-state index contributed by atoms with van der Waals surface area (Å²) in [6.07, 6.45) is 5.17. The average Bonchev–Trinajstić information content (AvgIpc) is 2.76. The second-order valence-corrected chi connectivity index (χ2v) is 7.95. The lowest BCUT2D eigenvalue weighted by atomic mass is 9.86. The van der Waals surface area contributed by atoms with Gasteiger partial charge in [-0.2, -0.15) is 4.98 Å². The number of hydrogen-bond donors (Lipinski definition) is 3. The Morgan fingerprint density at radius 1 is 1.29 bits per heavy atom. The van der Waals surface area contributed by atoms with Crippen LogP contribution in [0.2, 0.25) is 0 Å². The van der Waals surface area contributed by atoms with Crippen molar-refractivity contribution in [1.29, 1.82) is 0 Å². The second-order valence-electron chi connectivity index (χ2n) is 7.95. The maximum atomic E-state index is 11.6. The molecular weight excluding hydrogens is 398 g/mol. The van der Waals surface area contributed by atoms with E-state index in [1.165, 1.54) is 13.1 Å². The number of carbonyl (C=O) groups is 1. The van der Waals surface area contributed by atoms with Crippen molar-refractivity contribution in [2.24, 2.45) is 11.7 Å². The van der Waals surface area contributed by atoms with Gasteiger partial charge in [0.15, 0.2) is 0 Å². The van der Waals surface area contributed by atoms with E-state index < -0.39 is 4.92 Å². The molecule has 1 amide bonds. The first-order chi connectivity index (χ1) is 14.8. The third kappa shape index (κ3) is 6.11. The van der Waals surface area contributed by atoms with Crippen molar-refractivity contribution in [3.05, 3.63) is 46.1 Å². The van der Waals surface area contributed by atoms with Crippen LogP contribution in [0.3, 0.4) is 0 Å². The summed E-state index contributed by atoms with van der Waals surface area (Å²) in [4.78, 5) is 32.4. The predicted octanol–water partition coefficient (Wildman–Crippen LogP) is 2.91. The summed E-state index contributed by atoms with van der Waals surface area (Å²) in [7, 11) is 1.71. The third-order valence-electron chi connectivity index (χ3n) is 5.64. The van der Waals surface area contributed by atoms with Crippen LogP contribution in [0.25, 0.3) is 0 Å². The van der Waals surface area contributed by atoms with Crippen LogP contribution in [0.4, 0.5) is 23.1 Å². The Hall–Kier alpha value is -3.27. The van der Waals surface area contributed by atoms with E-state index in [0.717, 1.165) is 36.9 Å². The molecule has 2 aromatic rings. The molecule has 0 radical (unpaired) electrons. The summed E-state index contributed by atoms with van der Waals surface area (Å²) in [5.41, 5.74) is 7.52. The molecule has 0 saturated heterocycles. The number of nitrogens with one attached hydrogen (secondary N) is 2. The largest absolute Gasteiger partial charge is 0.364 e.